The fraction of sp³-hybridized carbons (Fsp3) is 0.333. The highest BCUT2D eigenvalue weighted by Gasteiger charge is 2.21. The molecule has 0 fully saturated rings. The van der Waals surface area contributed by atoms with Crippen LogP contribution in [0, 0.1) is 0 Å². The first-order chi connectivity index (χ1) is 9.03. The highest BCUT2D eigenvalue weighted by molar-refractivity contribution is 7.89. The van der Waals surface area contributed by atoms with Crippen LogP contribution in [0.3, 0.4) is 0 Å². The average Bonchev–Trinajstić information content (AvgIpc) is 2.92. The number of aromatic nitrogens is 5. The van der Waals surface area contributed by atoms with Gasteiger partial charge in [-0.2, -0.15) is 5.21 Å². The molecule has 0 radical (unpaired) electrons. The highest BCUT2D eigenvalue weighted by Crippen LogP contribution is 2.15. The summed E-state index contributed by atoms with van der Waals surface area (Å²) in [5.74, 6) is 0.738. The summed E-state index contributed by atoms with van der Waals surface area (Å²) >= 11 is 0. The lowest BCUT2D eigenvalue weighted by Crippen LogP contribution is -2.27. The Kier molecular flexibility index (Phi) is 3.71. The smallest absolute Gasteiger partial charge is 0.241 e. The van der Waals surface area contributed by atoms with Gasteiger partial charge in [0.15, 0.2) is 5.82 Å². The number of aromatic amines is 1. The Hall–Kier alpha value is -2.07. The molecule has 0 aliphatic rings. The van der Waals surface area contributed by atoms with Crippen LogP contribution in [0.2, 0.25) is 0 Å². The maximum Gasteiger partial charge on any atom is 0.241 e. The lowest BCUT2D eigenvalue weighted by atomic mass is 10.4. The zero-order valence-corrected chi connectivity index (χ0v) is 11.1. The van der Waals surface area contributed by atoms with Crippen LogP contribution < -0.4 is 10.0 Å². The van der Waals surface area contributed by atoms with Crippen molar-refractivity contribution in [2.75, 3.05) is 12.4 Å². The SMILES string of the molecule is CNc1cc(S(=O)(=O)NC(C)c2nn[nH]n2)ccn1. The molecule has 3 N–H and O–H groups in total. The monoisotopic (exact) mass is 283 g/mol. The van der Waals surface area contributed by atoms with E-state index in [1.165, 1.54) is 18.3 Å². The van der Waals surface area contributed by atoms with Crippen LogP contribution in [0.15, 0.2) is 23.2 Å². The van der Waals surface area contributed by atoms with Crippen LogP contribution in [-0.2, 0) is 10.0 Å². The summed E-state index contributed by atoms with van der Waals surface area (Å²) in [6.07, 6.45) is 1.42. The molecule has 0 aliphatic carbocycles. The van der Waals surface area contributed by atoms with Crippen molar-refractivity contribution >= 4 is 15.8 Å². The summed E-state index contributed by atoms with van der Waals surface area (Å²) in [5, 5.41) is 15.9. The molecule has 1 atom stereocenters. The quantitative estimate of drug-likeness (QED) is 0.686. The molecule has 0 saturated heterocycles. The molecule has 10 heteroatoms. The van der Waals surface area contributed by atoms with Gasteiger partial charge in [-0.3, -0.25) is 0 Å². The number of nitrogens with one attached hydrogen (secondary N) is 3. The molecule has 2 aromatic rings. The van der Waals surface area contributed by atoms with Crippen molar-refractivity contribution in [3.05, 3.63) is 24.2 Å². The predicted octanol–water partition coefficient (Wildman–Crippen LogP) is -0.324. The first-order valence-electron chi connectivity index (χ1n) is 5.42. The number of sulfonamides is 1. The third kappa shape index (κ3) is 3.03. The fourth-order valence-corrected chi connectivity index (χ4v) is 2.64. The van der Waals surface area contributed by atoms with Crippen LogP contribution >= 0.6 is 0 Å². The Morgan fingerprint density at radius 3 is 2.84 bits per heavy atom. The van der Waals surface area contributed by atoms with Gasteiger partial charge in [0.1, 0.15) is 5.82 Å². The van der Waals surface area contributed by atoms with Crippen molar-refractivity contribution in [3.8, 4) is 0 Å². The Morgan fingerprint density at radius 1 is 1.42 bits per heavy atom. The van der Waals surface area contributed by atoms with Crippen LogP contribution in [0.25, 0.3) is 0 Å². The minimum Gasteiger partial charge on any atom is -0.373 e. The second-order valence-corrected chi connectivity index (χ2v) is 5.45. The topological polar surface area (TPSA) is 126 Å². The molecule has 2 aromatic heterocycles. The third-order valence-corrected chi connectivity index (χ3v) is 3.92. The minimum absolute atomic E-state index is 0.113. The summed E-state index contributed by atoms with van der Waals surface area (Å²) in [5.41, 5.74) is 0. The summed E-state index contributed by atoms with van der Waals surface area (Å²) < 4.78 is 26.8. The summed E-state index contributed by atoms with van der Waals surface area (Å²) in [4.78, 5) is 4.07. The minimum atomic E-state index is -3.67. The van der Waals surface area contributed by atoms with Gasteiger partial charge >= 0.3 is 0 Å². The average molecular weight is 283 g/mol. The molecule has 0 bridgehead atoms. The second kappa shape index (κ2) is 5.28. The number of pyridine rings is 1. The van der Waals surface area contributed by atoms with Gasteiger partial charge in [0.2, 0.25) is 10.0 Å². The van der Waals surface area contributed by atoms with Crippen molar-refractivity contribution in [1.82, 2.24) is 30.3 Å². The van der Waals surface area contributed by atoms with Crippen LogP contribution in [0.4, 0.5) is 5.82 Å². The standard InChI is InChI=1S/C9H13N7O2S/c1-6(9-12-15-16-13-9)14-19(17,18)7-3-4-11-8(5-7)10-2/h3-6,14H,1-2H3,(H,10,11)(H,12,13,15,16). The molecule has 1 unspecified atom stereocenters. The zero-order valence-electron chi connectivity index (χ0n) is 10.3. The van der Waals surface area contributed by atoms with E-state index in [1.807, 2.05) is 0 Å². The number of H-pyrrole nitrogens is 1. The molecule has 0 amide bonds. The third-order valence-electron chi connectivity index (χ3n) is 2.38. The van der Waals surface area contributed by atoms with Gasteiger partial charge in [-0.15, -0.1) is 10.2 Å². The Balaban J connectivity index is 2.22. The van der Waals surface area contributed by atoms with Gasteiger partial charge in [0, 0.05) is 19.3 Å². The number of tetrazole rings is 1. The van der Waals surface area contributed by atoms with E-state index in [-0.39, 0.29) is 10.7 Å². The number of hydrogen-bond acceptors (Lipinski definition) is 7. The lowest BCUT2D eigenvalue weighted by Gasteiger charge is -2.11. The second-order valence-electron chi connectivity index (χ2n) is 3.74. The largest absolute Gasteiger partial charge is 0.373 e. The number of rotatable bonds is 5. The van der Waals surface area contributed by atoms with Gasteiger partial charge < -0.3 is 5.32 Å². The normalized spacial score (nSPS) is 13.2. The van der Waals surface area contributed by atoms with Crippen molar-refractivity contribution in [2.24, 2.45) is 0 Å². The molecule has 0 aliphatic heterocycles. The van der Waals surface area contributed by atoms with Crippen molar-refractivity contribution < 1.29 is 8.42 Å². The zero-order chi connectivity index (χ0) is 13.9. The maximum absolute atomic E-state index is 12.2. The van der Waals surface area contributed by atoms with Crippen LogP contribution in [0.5, 0.6) is 0 Å². The maximum atomic E-state index is 12.2. The Morgan fingerprint density at radius 2 is 2.21 bits per heavy atom. The summed E-state index contributed by atoms with van der Waals surface area (Å²) in [6.45, 7) is 1.63. The fourth-order valence-electron chi connectivity index (χ4n) is 1.42. The first-order valence-corrected chi connectivity index (χ1v) is 6.91. The van der Waals surface area contributed by atoms with Gasteiger partial charge in [0.05, 0.1) is 10.9 Å². The van der Waals surface area contributed by atoms with Gasteiger partial charge in [-0.25, -0.2) is 18.1 Å². The predicted molar refractivity (Wildman–Crippen MR) is 66.7 cm³/mol. The number of anilines is 1. The number of nitrogens with zero attached hydrogens (tertiary/aromatic N) is 4. The molecule has 0 aromatic carbocycles. The molecule has 102 valence electrons. The highest BCUT2D eigenvalue weighted by atomic mass is 32.2. The molecule has 9 nitrogen and oxygen atoms in total. The number of hydrogen-bond donors (Lipinski definition) is 3. The van der Waals surface area contributed by atoms with Crippen LogP contribution in [-0.4, -0.2) is 41.1 Å². The van der Waals surface area contributed by atoms with Crippen molar-refractivity contribution in [3.63, 3.8) is 0 Å². The summed E-state index contributed by atoms with van der Waals surface area (Å²) in [7, 11) is -2.01. The molecule has 2 rings (SSSR count). The molecular formula is C9H13N7O2S. The van der Waals surface area contributed by atoms with E-state index in [0.717, 1.165) is 0 Å². The van der Waals surface area contributed by atoms with E-state index in [4.69, 9.17) is 0 Å². The van der Waals surface area contributed by atoms with E-state index in [9.17, 15) is 8.42 Å². The Bertz CT molecular complexity index is 640. The van der Waals surface area contributed by atoms with E-state index in [0.29, 0.717) is 5.82 Å². The molecule has 0 saturated carbocycles. The van der Waals surface area contributed by atoms with Crippen molar-refractivity contribution in [1.29, 1.82) is 0 Å². The van der Waals surface area contributed by atoms with Crippen molar-refractivity contribution in [2.45, 2.75) is 17.9 Å². The van der Waals surface area contributed by atoms with E-state index in [1.54, 1.807) is 14.0 Å². The summed E-state index contributed by atoms with van der Waals surface area (Å²) in [6, 6.07) is 2.26. The molecular weight excluding hydrogens is 270 g/mol. The molecule has 19 heavy (non-hydrogen) atoms. The van der Waals surface area contributed by atoms with Gasteiger partial charge in [-0.05, 0) is 13.0 Å². The molecule has 2 heterocycles. The van der Waals surface area contributed by atoms with E-state index in [2.05, 4.69) is 35.6 Å². The van der Waals surface area contributed by atoms with Gasteiger partial charge in [-0.1, -0.05) is 5.21 Å². The Labute approximate surface area is 109 Å². The van der Waals surface area contributed by atoms with Gasteiger partial charge in [0.25, 0.3) is 0 Å². The lowest BCUT2D eigenvalue weighted by molar-refractivity contribution is 0.560. The van der Waals surface area contributed by atoms with Crippen LogP contribution in [0.1, 0.15) is 18.8 Å². The molecule has 0 spiro atoms. The van der Waals surface area contributed by atoms with E-state index < -0.39 is 16.1 Å². The first kappa shape index (κ1) is 13.4. The van der Waals surface area contributed by atoms with E-state index >= 15 is 0 Å².